The zero-order valence-corrected chi connectivity index (χ0v) is 10.1. The highest BCUT2D eigenvalue weighted by atomic mass is 35.5. The van der Waals surface area contributed by atoms with E-state index in [0.717, 1.165) is 4.88 Å². The van der Waals surface area contributed by atoms with Gasteiger partial charge in [0, 0.05) is 13.2 Å². The minimum Gasteiger partial charge on any atom is -0.377 e. The third-order valence-electron chi connectivity index (χ3n) is 1.90. The van der Waals surface area contributed by atoms with Crippen LogP contribution in [0.3, 0.4) is 0 Å². The molecule has 2 rings (SSSR count). The Morgan fingerprint density at radius 1 is 1.56 bits per heavy atom. The van der Waals surface area contributed by atoms with Crippen molar-refractivity contribution in [3.8, 4) is 10.6 Å². The minimum absolute atomic E-state index is 0.193. The van der Waals surface area contributed by atoms with Crippen LogP contribution in [0, 0.1) is 0 Å². The summed E-state index contributed by atoms with van der Waals surface area (Å²) in [4.78, 5) is 19.1. The Kier molecular flexibility index (Phi) is 3.38. The van der Waals surface area contributed by atoms with E-state index in [1.165, 1.54) is 17.4 Å². The number of hydrogen-bond acceptors (Lipinski definition) is 4. The molecule has 0 aromatic carbocycles. The summed E-state index contributed by atoms with van der Waals surface area (Å²) in [5.74, 6) is 0.509. The average Bonchev–Trinajstić information content (AvgIpc) is 2.64. The molecule has 0 spiro atoms. The number of thiophene rings is 1. The highest BCUT2D eigenvalue weighted by Crippen LogP contribution is 2.28. The Bertz CT molecular complexity index is 550. The minimum atomic E-state index is -0.193. The van der Waals surface area contributed by atoms with Gasteiger partial charge in [-0.2, -0.15) is 0 Å². The molecule has 0 aliphatic heterocycles. The third kappa shape index (κ3) is 2.49. The first-order valence-corrected chi connectivity index (χ1v) is 5.73. The molecule has 2 aromatic rings. The number of hydrogen-bond donors (Lipinski definition) is 1. The van der Waals surface area contributed by atoms with Gasteiger partial charge in [0.05, 0.1) is 14.9 Å². The van der Waals surface area contributed by atoms with E-state index in [0.29, 0.717) is 15.9 Å². The molecule has 0 saturated heterocycles. The van der Waals surface area contributed by atoms with Crippen LogP contribution in [0.25, 0.3) is 10.6 Å². The van der Waals surface area contributed by atoms with E-state index in [1.807, 2.05) is 6.07 Å². The predicted octanol–water partition coefficient (Wildman–Crippen LogP) is 2.30. The third-order valence-corrected chi connectivity index (χ3v) is 3.15. The molecule has 0 amide bonds. The summed E-state index contributed by atoms with van der Waals surface area (Å²) in [6, 6.07) is 5.06. The fourth-order valence-corrected chi connectivity index (χ4v) is 2.30. The molecule has 84 valence electrons. The summed E-state index contributed by atoms with van der Waals surface area (Å²) < 4.78 is 5.60. The Labute approximate surface area is 101 Å². The SMILES string of the molecule is COCc1nc(-c2ccc(Cl)s2)cc(=O)[nH]1. The van der Waals surface area contributed by atoms with Crippen molar-refractivity contribution in [2.24, 2.45) is 0 Å². The smallest absolute Gasteiger partial charge is 0.251 e. The number of rotatable bonds is 3. The molecule has 0 aliphatic rings. The second-order valence-corrected chi connectivity index (χ2v) is 4.83. The molecule has 2 aromatic heterocycles. The topological polar surface area (TPSA) is 55.0 Å². The molecule has 2 heterocycles. The van der Waals surface area contributed by atoms with Gasteiger partial charge < -0.3 is 9.72 Å². The monoisotopic (exact) mass is 256 g/mol. The first kappa shape index (κ1) is 11.3. The van der Waals surface area contributed by atoms with Crippen molar-refractivity contribution in [2.75, 3.05) is 7.11 Å². The maximum Gasteiger partial charge on any atom is 0.251 e. The van der Waals surface area contributed by atoms with E-state index in [2.05, 4.69) is 9.97 Å². The number of H-pyrrole nitrogens is 1. The van der Waals surface area contributed by atoms with Gasteiger partial charge in [-0.3, -0.25) is 4.79 Å². The van der Waals surface area contributed by atoms with E-state index < -0.39 is 0 Å². The maximum absolute atomic E-state index is 11.4. The second kappa shape index (κ2) is 4.78. The number of aromatic amines is 1. The van der Waals surface area contributed by atoms with Crippen LogP contribution < -0.4 is 5.56 Å². The van der Waals surface area contributed by atoms with Crippen molar-refractivity contribution in [3.63, 3.8) is 0 Å². The first-order chi connectivity index (χ1) is 7.69. The fraction of sp³-hybridized carbons (Fsp3) is 0.200. The molecule has 6 heteroatoms. The summed E-state index contributed by atoms with van der Waals surface area (Å²) in [6.07, 6.45) is 0. The first-order valence-electron chi connectivity index (χ1n) is 4.54. The molecule has 0 aliphatic carbocycles. The molecule has 0 atom stereocenters. The lowest BCUT2D eigenvalue weighted by Gasteiger charge is -2.01. The summed E-state index contributed by atoms with van der Waals surface area (Å²) >= 11 is 7.22. The van der Waals surface area contributed by atoms with E-state index in [-0.39, 0.29) is 12.2 Å². The fourth-order valence-electron chi connectivity index (χ4n) is 1.29. The lowest BCUT2D eigenvalue weighted by Crippen LogP contribution is -2.11. The van der Waals surface area contributed by atoms with Gasteiger partial charge in [0.1, 0.15) is 12.4 Å². The summed E-state index contributed by atoms with van der Waals surface area (Å²) in [6.45, 7) is 0.280. The molecule has 1 N–H and O–H groups in total. The molecule has 0 saturated carbocycles. The van der Waals surface area contributed by atoms with Gasteiger partial charge in [0.15, 0.2) is 0 Å². The average molecular weight is 257 g/mol. The van der Waals surface area contributed by atoms with Gasteiger partial charge in [0.2, 0.25) is 0 Å². The van der Waals surface area contributed by atoms with E-state index in [9.17, 15) is 4.79 Å². The van der Waals surface area contributed by atoms with Crippen molar-refractivity contribution in [1.82, 2.24) is 9.97 Å². The highest BCUT2D eigenvalue weighted by molar-refractivity contribution is 7.19. The van der Waals surface area contributed by atoms with E-state index >= 15 is 0 Å². The van der Waals surface area contributed by atoms with Crippen LogP contribution in [0.5, 0.6) is 0 Å². The Hall–Kier alpha value is -1.17. The van der Waals surface area contributed by atoms with Gasteiger partial charge in [-0.1, -0.05) is 11.6 Å². The van der Waals surface area contributed by atoms with Crippen molar-refractivity contribution in [3.05, 3.63) is 38.7 Å². The molecule has 16 heavy (non-hydrogen) atoms. The van der Waals surface area contributed by atoms with Crippen LogP contribution >= 0.6 is 22.9 Å². The zero-order chi connectivity index (χ0) is 11.5. The highest BCUT2D eigenvalue weighted by Gasteiger charge is 2.06. The van der Waals surface area contributed by atoms with Crippen LogP contribution in [0.2, 0.25) is 4.34 Å². The molecule has 4 nitrogen and oxygen atoms in total. The lowest BCUT2D eigenvalue weighted by atomic mass is 10.3. The van der Waals surface area contributed by atoms with Crippen LogP contribution in [0.1, 0.15) is 5.82 Å². The normalized spacial score (nSPS) is 10.6. The number of ether oxygens (including phenoxy) is 1. The van der Waals surface area contributed by atoms with Gasteiger partial charge in [-0.25, -0.2) is 4.98 Å². The van der Waals surface area contributed by atoms with Gasteiger partial charge in [0.25, 0.3) is 5.56 Å². The van der Waals surface area contributed by atoms with E-state index in [1.54, 1.807) is 13.2 Å². The van der Waals surface area contributed by atoms with Crippen LogP contribution in [0.4, 0.5) is 0 Å². The molecule has 0 bridgehead atoms. The molecular formula is C10H9ClN2O2S. The molecule has 0 unspecified atom stereocenters. The van der Waals surface area contributed by atoms with Gasteiger partial charge in [-0.05, 0) is 12.1 Å². The second-order valence-electron chi connectivity index (χ2n) is 3.11. The number of halogens is 1. The summed E-state index contributed by atoms with van der Waals surface area (Å²) in [5, 5.41) is 0. The van der Waals surface area contributed by atoms with Crippen molar-refractivity contribution in [1.29, 1.82) is 0 Å². The Morgan fingerprint density at radius 3 is 3.00 bits per heavy atom. The Balaban J connectivity index is 2.44. The summed E-state index contributed by atoms with van der Waals surface area (Å²) in [5.41, 5.74) is 0.425. The van der Waals surface area contributed by atoms with Crippen LogP contribution in [0.15, 0.2) is 23.0 Å². The zero-order valence-electron chi connectivity index (χ0n) is 8.49. The lowest BCUT2D eigenvalue weighted by molar-refractivity contribution is 0.177. The van der Waals surface area contributed by atoms with Crippen molar-refractivity contribution in [2.45, 2.75) is 6.61 Å². The van der Waals surface area contributed by atoms with Crippen LogP contribution in [-0.4, -0.2) is 17.1 Å². The number of methoxy groups -OCH3 is 1. The number of nitrogens with one attached hydrogen (secondary N) is 1. The maximum atomic E-state index is 11.4. The largest absolute Gasteiger partial charge is 0.377 e. The quantitative estimate of drug-likeness (QED) is 0.917. The number of nitrogens with zero attached hydrogens (tertiary/aromatic N) is 1. The molecule has 0 fully saturated rings. The summed E-state index contributed by atoms with van der Waals surface area (Å²) in [7, 11) is 1.55. The van der Waals surface area contributed by atoms with Crippen molar-refractivity contribution >= 4 is 22.9 Å². The Morgan fingerprint density at radius 2 is 2.38 bits per heavy atom. The van der Waals surface area contributed by atoms with E-state index in [4.69, 9.17) is 16.3 Å². The van der Waals surface area contributed by atoms with Crippen molar-refractivity contribution < 1.29 is 4.74 Å². The van der Waals surface area contributed by atoms with Gasteiger partial charge in [-0.15, -0.1) is 11.3 Å². The molecule has 0 radical (unpaired) electrons. The predicted molar refractivity (Wildman–Crippen MR) is 63.9 cm³/mol. The number of aromatic nitrogens is 2. The van der Waals surface area contributed by atoms with Gasteiger partial charge >= 0.3 is 0 Å². The van der Waals surface area contributed by atoms with Crippen LogP contribution in [-0.2, 0) is 11.3 Å². The standard InChI is InChI=1S/C10H9ClN2O2S/c1-15-5-9-12-6(4-10(14)13-9)7-2-3-8(11)16-7/h2-4H,5H2,1H3,(H,12,13,14). The molecular weight excluding hydrogens is 248 g/mol.